The minimum atomic E-state index is 0.213. The minimum absolute atomic E-state index is 0.213. The number of aliphatic hydroxyl groups is 1. The van der Waals surface area contributed by atoms with Gasteiger partial charge in [0.1, 0.15) is 0 Å². The van der Waals surface area contributed by atoms with E-state index < -0.39 is 0 Å². The number of rotatable bonds is 8. The first-order chi connectivity index (χ1) is 8.61. The van der Waals surface area contributed by atoms with Crippen LogP contribution in [0.5, 0.6) is 0 Å². The second-order valence-corrected chi connectivity index (χ2v) is 5.98. The van der Waals surface area contributed by atoms with Crippen LogP contribution in [0.15, 0.2) is 17.6 Å². The molecule has 0 aliphatic heterocycles. The van der Waals surface area contributed by atoms with Crippen molar-refractivity contribution < 1.29 is 5.11 Å². The Bertz CT molecular complexity index is 330. The van der Waals surface area contributed by atoms with Crippen molar-refractivity contribution >= 4 is 11.8 Å². The van der Waals surface area contributed by atoms with Crippen molar-refractivity contribution in [2.24, 2.45) is 11.8 Å². The van der Waals surface area contributed by atoms with Gasteiger partial charge < -0.3 is 10.4 Å². The molecule has 102 valence electrons. The van der Waals surface area contributed by atoms with E-state index in [0.717, 1.165) is 29.6 Å². The summed E-state index contributed by atoms with van der Waals surface area (Å²) in [5.41, 5.74) is 1.11. The lowest BCUT2D eigenvalue weighted by Gasteiger charge is -2.08. The highest BCUT2D eigenvalue weighted by atomic mass is 32.2. The van der Waals surface area contributed by atoms with E-state index in [-0.39, 0.29) is 12.5 Å². The highest BCUT2D eigenvalue weighted by Crippen LogP contribution is 2.15. The van der Waals surface area contributed by atoms with Crippen LogP contribution in [0, 0.1) is 11.8 Å². The first-order valence-corrected chi connectivity index (χ1v) is 7.35. The van der Waals surface area contributed by atoms with Gasteiger partial charge in [-0.3, -0.25) is 0 Å². The fourth-order valence-corrected chi connectivity index (χ4v) is 2.08. The average molecular weight is 269 g/mol. The number of hydrogen-bond acceptors (Lipinski definition) is 5. The van der Waals surface area contributed by atoms with Gasteiger partial charge in [0.15, 0.2) is 5.16 Å². The molecule has 0 amide bonds. The maximum atomic E-state index is 8.94. The molecule has 0 aliphatic carbocycles. The standard InChI is InChI=1S/C13H23N3OS/c1-10(2)4-14-5-12-6-15-13(16-7-12)18-9-11(3)8-17/h6-7,10-11,14,17H,4-5,8-9H2,1-3H3. The third-order valence-corrected chi connectivity index (χ3v) is 3.58. The first kappa shape index (κ1) is 15.4. The smallest absolute Gasteiger partial charge is 0.187 e. The van der Waals surface area contributed by atoms with Crippen molar-refractivity contribution in [3.05, 3.63) is 18.0 Å². The monoisotopic (exact) mass is 269 g/mol. The summed E-state index contributed by atoms with van der Waals surface area (Å²) in [7, 11) is 0. The molecule has 0 radical (unpaired) electrons. The molecule has 0 aromatic carbocycles. The molecule has 1 rings (SSSR count). The largest absolute Gasteiger partial charge is 0.396 e. The SMILES string of the molecule is CC(C)CNCc1cnc(SCC(C)CO)nc1. The number of aliphatic hydroxyl groups excluding tert-OH is 1. The number of aromatic nitrogens is 2. The summed E-state index contributed by atoms with van der Waals surface area (Å²) in [4.78, 5) is 8.63. The van der Waals surface area contributed by atoms with E-state index in [4.69, 9.17) is 5.11 Å². The van der Waals surface area contributed by atoms with Crippen LogP contribution < -0.4 is 5.32 Å². The maximum absolute atomic E-state index is 8.94. The Labute approximate surface area is 114 Å². The van der Waals surface area contributed by atoms with Gasteiger partial charge in [-0.25, -0.2) is 9.97 Å². The molecule has 1 heterocycles. The molecule has 0 spiro atoms. The van der Waals surface area contributed by atoms with Crippen molar-refractivity contribution in [3.63, 3.8) is 0 Å². The van der Waals surface area contributed by atoms with Gasteiger partial charge in [0.05, 0.1) is 0 Å². The van der Waals surface area contributed by atoms with Crippen LogP contribution in [0.25, 0.3) is 0 Å². The molecule has 0 saturated heterocycles. The fraction of sp³-hybridized carbons (Fsp3) is 0.692. The Kier molecular flexibility index (Phi) is 7.23. The van der Waals surface area contributed by atoms with E-state index >= 15 is 0 Å². The molecule has 0 aliphatic rings. The molecular weight excluding hydrogens is 246 g/mol. The van der Waals surface area contributed by atoms with Crippen LogP contribution in [-0.2, 0) is 6.54 Å². The molecule has 1 aromatic rings. The highest BCUT2D eigenvalue weighted by Gasteiger charge is 2.04. The van der Waals surface area contributed by atoms with Crippen molar-refractivity contribution in [3.8, 4) is 0 Å². The minimum Gasteiger partial charge on any atom is -0.396 e. The first-order valence-electron chi connectivity index (χ1n) is 6.37. The van der Waals surface area contributed by atoms with Crippen LogP contribution >= 0.6 is 11.8 Å². The zero-order valence-electron chi connectivity index (χ0n) is 11.4. The number of nitrogens with zero attached hydrogens (tertiary/aromatic N) is 2. The van der Waals surface area contributed by atoms with Crippen LogP contribution in [0.1, 0.15) is 26.3 Å². The van der Waals surface area contributed by atoms with Crippen LogP contribution in [-0.4, -0.2) is 34.0 Å². The Morgan fingerprint density at radius 2 is 1.94 bits per heavy atom. The summed E-state index contributed by atoms with van der Waals surface area (Å²) >= 11 is 1.59. The second-order valence-electron chi connectivity index (χ2n) is 5.00. The van der Waals surface area contributed by atoms with E-state index in [2.05, 4.69) is 29.1 Å². The third kappa shape index (κ3) is 6.33. The Morgan fingerprint density at radius 3 is 2.50 bits per heavy atom. The van der Waals surface area contributed by atoms with E-state index in [1.54, 1.807) is 11.8 Å². The molecule has 0 bridgehead atoms. The lowest BCUT2D eigenvalue weighted by molar-refractivity contribution is 0.250. The Hall–Kier alpha value is -0.650. The summed E-state index contributed by atoms with van der Waals surface area (Å²) in [5, 5.41) is 13.1. The normalized spacial score (nSPS) is 12.9. The molecule has 5 heteroatoms. The van der Waals surface area contributed by atoms with Crippen molar-refractivity contribution in [1.29, 1.82) is 0 Å². The molecular formula is C13H23N3OS. The van der Waals surface area contributed by atoms with Crippen molar-refractivity contribution in [1.82, 2.24) is 15.3 Å². The lowest BCUT2D eigenvalue weighted by atomic mass is 10.2. The summed E-state index contributed by atoms with van der Waals surface area (Å²) in [6.07, 6.45) is 3.73. The van der Waals surface area contributed by atoms with Gasteiger partial charge in [0.2, 0.25) is 0 Å². The fourth-order valence-electron chi connectivity index (χ4n) is 1.28. The van der Waals surface area contributed by atoms with Crippen molar-refractivity contribution in [2.75, 3.05) is 18.9 Å². The molecule has 2 N–H and O–H groups in total. The number of hydrogen-bond donors (Lipinski definition) is 2. The molecule has 18 heavy (non-hydrogen) atoms. The van der Waals surface area contributed by atoms with Gasteiger partial charge >= 0.3 is 0 Å². The van der Waals surface area contributed by atoms with Crippen LogP contribution in [0.2, 0.25) is 0 Å². The van der Waals surface area contributed by atoms with E-state index in [0.29, 0.717) is 5.92 Å². The van der Waals surface area contributed by atoms with Crippen LogP contribution in [0.3, 0.4) is 0 Å². The number of thioether (sulfide) groups is 1. The summed E-state index contributed by atoms with van der Waals surface area (Å²) in [6.45, 7) is 8.42. The summed E-state index contributed by atoms with van der Waals surface area (Å²) in [5.74, 6) is 1.79. The lowest BCUT2D eigenvalue weighted by Crippen LogP contribution is -2.19. The van der Waals surface area contributed by atoms with Crippen molar-refractivity contribution in [2.45, 2.75) is 32.5 Å². The predicted octanol–water partition coefficient (Wildman–Crippen LogP) is 1.94. The van der Waals surface area contributed by atoms with E-state index in [9.17, 15) is 0 Å². The van der Waals surface area contributed by atoms with Gasteiger partial charge in [-0.05, 0) is 18.4 Å². The molecule has 0 saturated carbocycles. The van der Waals surface area contributed by atoms with E-state index in [1.165, 1.54) is 0 Å². The molecule has 4 nitrogen and oxygen atoms in total. The average Bonchev–Trinajstić information content (AvgIpc) is 2.37. The van der Waals surface area contributed by atoms with Gasteiger partial charge in [0, 0.05) is 36.9 Å². The molecule has 0 fully saturated rings. The Balaban J connectivity index is 2.33. The highest BCUT2D eigenvalue weighted by molar-refractivity contribution is 7.99. The zero-order chi connectivity index (χ0) is 13.4. The summed E-state index contributed by atoms with van der Waals surface area (Å²) < 4.78 is 0. The van der Waals surface area contributed by atoms with Gasteiger partial charge in [0.25, 0.3) is 0 Å². The Morgan fingerprint density at radius 1 is 1.28 bits per heavy atom. The topological polar surface area (TPSA) is 58.0 Å². The molecule has 1 unspecified atom stereocenters. The van der Waals surface area contributed by atoms with Gasteiger partial charge in [-0.2, -0.15) is 0 Å². The number of nitrogens with one attached hydrogen (secondary N) is 1. The quantitative estimate of drug-likeness (QED) is 0.558. The summed E-state index contributed by atoms with van der Waals surface area (Å²) in [6, 6.07) is 0. The van der Waals surface area contributed by atoms with Gasteiger partial charge in [-0.15, -0.1) is 0 Å². The molecule has 1 atom stereocenters. The van der Waals surface area contributed by atoms with Crippen LogP contribution in [0.4, 0.5) is 0 Å². The molecule has 1 aromatic heterocycles. The second kappa shape index (κ2) is 8.45. The maximum Gasteiger partial charge on any atom is 0.187 e. The van der Waals surface area contributed by atoms with E-state index in [1.807, 2.05) is 19.3 Å². The van der Waals surface area contributed by atoms with Gasteiger partial charge in [-0.1, -0.05) is 32.5 Å². The predicted molar refractivity (Wildman–Crippen MR) is 75.6 cm³/mol. The third-order valence-electron chi connectivity index (χ3n) is 2.37. The zero-order valence-corrected chi connectivity index (χ0v) is 12.2.